The highest BCUT2D eigenvalue weighted by Gasteiger charge is 2.29. The van der Waals surface area contributed by atoms with Crippen LogP contribution in [0.2, 0.25) is 0 Å². The van der Waals surface area contributed by atoms with Crippen LogP contribution in [0.3, 0.4) is 0 Å². The molecule has 1 atom stereocenters. The molecule has 1 heterocycles. The number of carboxylic acids is 2. The Morgan fingerprint density at radius 3 is 2.62 bits per heavy atom. The van der Waals surface area contributed by atoms with E-state index in [1.165, 1.54) is 17.0 Å². The summed E-state index contributed by atoms with van der Waals surface area (Å²) in [5, 5.41) is 17.6. The maximum absolute atomic E-state index is 12.3. The van der Waals surface area contributed by atoms with Crippen LogP contribution >= 0.6 is 0 Å². The van der Waals surface area contributed by atoms with Crippen molar-refractivity contribution in [3.8, 4) is 0 Å². The summed E-state index contributed by atoms with van der Waals surface area (Å²) < 4.78 is 0. The van der Waals surface area contributed by atoms with Gasteiger partial charge in [-0.05, 0) is 30.5 Å². The van der Waals surface area contributed by atoms with Gasteiger partial charge in [-0.2, -0.15) is 0 Å². The van der Waals surface area contributed by atoms with Crippen molar-refractivity contribution in [2.45, 2.75) is 25.3 Å². The number of nitrogens with two attached hydrogens (primary N) is 1. The SMILES string of the molecule is NC(CCC(=O)O)C(=O)N1CCc2ccc(C(=O)O)cc21. The van der Waals surface area contributed by atoms with E-state index >= 15 is 0 Å². The Balaban J connectivity index is 2.17. The molecule has 0 saturated carbocycles. The van der Waals surface area contributed by atoms with Crippen molar-refractivity contribution >= 4 is 23.5 Å². The number of aliphatic carboxylic acids is 1. The van der Waals surface area contributed by atoms with E-state index in [4.69, 9.17) is 15.9 Å². The molecule has 1 amide bonds. The van der Waals surface area contributed by atoms with Gasteiger partial charge in [0.15, 0.2) is 0 Å². The lowest BCUT2D eigenvalue weighted by atomic mass is 10.1. The molecule has 0 spiro atoms. The predicted octanol–water partition coefficient (Wildman–Crippen LogP) is 0.466. The van der Waals surface area contributed by atoms with Crippen molar-refractivity contribution in [3.63, 3.8) is 0 Å². The Bertz CT molecular complexity index is 599. The number of amides is 1. The van der Waals surface area contributed by atoms with Gasteiger partial charge in [-0.1, -0.05) is 6.07 Å². The molecule has 4 N–H and O–H groups in total. The first-order valence-electron chi connectivity index (χ1n) is 6.55. The Morgan fingerprint density at radius 2 is 2.00 bits per heavy atom. The lowest BCUT2D eigenvalue weighted by Crippen LogP contribution is -2.43. The van der Waals surface area contributed by atoms with Gasteiger partial charge in [-0.15, -0.1) is 0 Å². The number of carboxylic acid groups (broad SMARTS) is 2. The minimum absolute atomic E-state index is 0.0542. The third kappa shape index (κ3) is 3.19. The Morgan fingerprint density at radius 1 is 1.29 bits per heavy atom. The zero-order chi connectivity index (χ0) is 15.6. The second-order valence-corrected chi connectivity index (χ2v) is 4.93. The first kappa shape index (κ1) is 15.0. The Kier molecular flexibility index (Phi) is 4.23. The highest BCUT2D eigenvalue weighted by Crippen LogP contribution is 2.29. The lowest BCUT2D eigenvalue weighted by Gasteiger charge is -2.21. The number of carbonyl (C=O) groups excluding carboxylic acids is 1. The van der Waals surface area contributed by atoms with Crippen molar-refractivity contribution in [1.29, 1.82) is 0 Å². The lowest BCUT2D eigenvalue weighted by molar-refractivity contribution is -0.137. The molecule has 7 heteroatoms. The highest BCUT2D eigenvalue weighted by molar-refractivity contribution is 6.00. The molecule has 1 aromatic carbocycles. The predicted molar refractivity (Wildman–Crippen MR) is 74.3 cm³/mol. The fourth-order valence-corrected chi connectivity index (χ4v) is 2.34. The monoisotopic (exact) mass is 292 g/mol. The van der Waals surface area contributed by atoms with Gasteiger partial charge in [0.1, 0.15) is 0 Å². The van der Waals surface area contributed by atoms with E-state index in [2.05, 4.69) is 0 Å². The molecule has 21 heavy (non-hydrogen) atoms. The summed E-state index contributed by atoms with van der Waals surface area (Å²) in [7, 11) is 0. The number of nitrogens with zero attached hydrogens (tertiary/aromatic N) is 1. The largest absolute Gasteiger partial charge is 0.481 e. The van der Waals surface area contributed by atoms with Gasteiger partial charge in [0, 0.05) is 18.7 Å². The third-order valence-corrected chi connectivity index (χ3v) is 3.48. The van der Waals surface area contributed by atoms with E-state index in [0.29, 0.717) is 18.7 Å². The van der Waals surface area contributed by atoms with Gasteiger partial charge in [0.2, 0.25) is 5.91 Å². The van der Waals surface area contributed by atoms with Crippen LogP contribution in [0.4, 0.5) is 5.69 Å². The van der Waals surface area contributed by atoms with Gasteiger partial charge < -0.3 is 20.8 Å². The highest BCUT2D eigenvalue weighted by atomic mass is 16.4. The summed E-state index contributed by atoms with van der Waals surface area (Å²) >= 11 is 0. The normalized spacial score (nSPS) is 14.6. The molecule has 1 unspecified atom stereocenters. The molecule has 0 aliphatic carbocycles. The maximum atomic E-state index is 12.3. The average Bonchev–Trinajstić information content (AvgIpc) is 2.86. The van der Waals surface area contributed by atoms with Gasteiger partial charge in [-0.3, -0.25) is 9.59 Å². The summed E-state index contributed by atoms with van der Waals surface area (Å²) in [6, 6.07) is 3.74. The first-order valence-corrected chi connectivity index (χ1v) is 6.55. The van der Waals surface area contributed by atoms with Crippen molar-refractivity contribution in [1.82, 2.24) is 0 Å². The van der Waals surface area contributed by atoms with Gasteiger partial charge in [0.25, 0.3) is 0 Å². The van der Waals surface area contributed by atoms with E-state index in [-0.39, 0.29) is 24.3 Å². The van der Waals surface area contributed by atoms with Crippen LogP contribution in [0.1, 0.15) is 28.8 Å². The number of hydrogen-bond acceptors (Lipinski definition) is 4. The van der Waals surface area contributed by atoms with Crippen LogP contribution in [-0.4, -0.2) is 40.6 Å². The molecule has 112 valence electrons. The summed E-state index contributed by atoms with van der Waals surface area (Å²) in [6.07, 6.45) is 0.508. The second kappa shape index (κ2) is 5.92. The molecular weight excluding hydrogens is 276 g/mol. The van der Waals surface area contributed by atoms with Crippen molar-refractivity contribution in [2.75, 3.05) is 11.4 Å². The van der Waals surface area contributed by atoms with E-state index in [9.17, 15) is 14.4 Å². The summed E-state index contributed by atoms with van der Waals surface area (Å²) in [5.74, 6) is -2.45. The number of anilines is 1. The topological polar surface area (TPSA) is 121 Å². The summed E-state index contributed by atoms with van der Waals surface area (Å²) in [4.78, 5) is 35.2. The molecule has 0 fully saturated rings. The van der Waals surface area contributed by atoms with Gasteiger partial charge >= 0.3 is 11.9 Å². The van der Waals surface area contributed by atoms with E-state index in [0.717, 1.165) is 5.56 Å². The van der Waals surface area contributed by atoms with Crippen LogP contribution in [-0.2, 0) is 16.0 Å². The number of hydrogen-bond donors (Lipinski definition) is 3. The van der Waals surface area contributed by atoms with Crippen LogP contribution in [0.25, 0.3) is 0 Å². The van der Waals surface area contributed by atoms with Crippen LogP contribution in [0.5, 0.6) is 0 Å². The minimum atomic E-state index is -1.06. The summed E-state index contributed by atoms with van der Waals surface area (Å²) in [6.45, 7) is 0.429. The van der Waals surface area contributed by atoms with Crippen molar-refractivity contribution in [3.05, 3.63) is 29.3 Å². The quantitative estimate of drug-likeness (QED) is 0.725. The molecule has 2 rings (SSSR count). The number of rotatable bonds is 5. The standard InChI is InChI=1S/C14H16N2O5/c15-10(3-4-12(17)18)13(19)16-6-5-8-1-2-9(14(20)21)7-11(8)16/h1-2,7,10H,3-6,15H2,(H,17,18)(H,20,21). The molecule has 0 bridgehead atoms. The zero-order valence-electron chi connectivity index (χ0n) is 11.3. The van der Waals surface area contributed by atoms with Crippen LogP contribution < -0.4 is 10.6 Å². The number of carbonyl (C=O) groups is 3. The second-order valence-electron chi connectivity index (χ2n) is 4.93. The molecule has 7 nitrogen and oxygen atoms in total. The smallest absolute Gasteiger partial charge is 0.335 e. The molecule has 1 aromatic rings. The van der Waals surface area contributed by atoms with Crippen LogP contribution in [0.15, 0.2) is 18.2 Å². The Labute approximate surface area is 121 Å². The third-order valence-electron chi connectivity index (χ3n) is 3.48. The van der Waals surface area contributed by atoms with Crippen LogP contribution in [0, 0.1) is 0 Å². The average molecular weight is 292 g/mol. The number of benzene rings is 1. The van der Waals surface area contributed by atoms with E-state index < -0.39 is 18.0 Å². The first-order chi connectivity index (χ1) is 9.90. The van der Waals surface area contributed by atoms with E-state index in [1.807, 2.05) is 0 Å². The number of aromatic carboxylic acids is 1. The molecule has 0 aromatic heterocycles. The fraction of sp³-hybridized carbons (Fsp3) is 0.357. The molecule has 1 aliphatic heterocycles. The van der Waals surface area contributed by atoms with Gasteiger partial charge in [0.05, 0.1) is 11.6 Å². The molecule has 1 aliphatic rings. The van der Waals surface area contributed by atoms with Crippen molar-refractivity contribution < 1.29 is 24.6 Å². The number of fused-ring (bicyclic) bond motifs is 1. The summed E-state index contributed by atoms with van der Waals surface area (Å²) in [5.41, 5.74) is 7.27. The van der Waals surface area contributed by atoms with E-state index in [1.54, 1.807) is 6.07 Å². The zero-order valence-corrected chi connectivity index (χ0v) is 11.3. The Hall–Kier alpha value is -2.41. The van der Waals surface area contributed by atoms with Gasteiger partial charge in [-0.25, -0.2) is 4.79 Å². The molecule has 0 radical (unpaired) electrons. The molecule has 0 saturated heterocycles. The fourth-order valence-electron chi connectivity index (χ4n) is 2.34. The van der Waals surface area contributed by atoms with Crippen molar-refractivity contribution in [2.24, 2.45) is 5.73 Å². The minimum Gasteiger partial charge on any atom is -0.481 e. The maximum Gasteiger partial charge on any atom is 0.335 e. The molecular formula is C14H16N2O5.